The zero-order chi connectivity index (χ0) is 9.40. The van der Waals surface area contributed by atoms with E-state index in [9.17, 15) is 4.79 Å². The van der Waals surface area contributed by atoms with Gasteiger partial charge in [-0.15, -0.1) is 0 Å². The molecule has 12 heavy (non-hydrogen) atoms. The smallest absolute Gasteiger partial charge is 0.404 e. The second kappa shape index (κ2) is 6.95. The van der Waals surface area contributed by atoms with Gasteiger partial charge < -0.3 is 10.4 Å². The van der Waals surface area contributed by atoms with Gasteiger partial charge >= 0.3 is 6.09 Å². The minimum atomic E-state index is -0.904. The zero-order valence-corrected chi connectivity index (χ0v) is 7.97. The summed E-state index contributed by atoms with van der Waals surface area (Å²) in [5.41, 5.74) is 0. The number of hydrogen-bond donors (Lipinski definition) is 2. The Morgan fingerprint density at radius 1 is 1.42 bits per heavy atom. The number of carboxylic acid groups (broad SMARTS) is 1. The first-order chi connectivity index (χ1) is 5.70. The number of unbranched alkanes of at least 4 members (excludes halogenated alkanes) is 2. The van der Waals surface area contributed by atoms with Crippen molar-refractivity contribution in [3.8, 4) is 0 Å². The van der Waals surface area contributed by atoms with Crippen LogP contribution in [-0.4, -0.2) is 17.2 Å². The first kappa shape index (κ1) is 11.3. The Morgan fingerprint density at radius 2 is 2.08 bits per heavy atom. The predicted octanol–water partition coefficient (Wildman–Crippen LogP) is 2.61. The van der Waals surface area contributed by atoms with E-state index >= 15 is 0 Å². The van der Waals surface area contributed by atoms with Crippen LogP contribution >= 0.6 is 0 Å². The first-order valence-corrected chi connectivity index (χ1v) is 4.70. The number of rotatable bonds is 6. The van der Waals surface area contributed by atoms with Crippen LogP contribution < -0.4 is 5.32 Å². The zero-order valence-electron chi connectivity index (χ0n) is 7.97. The molecular weight excluding hydrogens is 154 g/mol. The summed E-state index contributed by atoms with van der Waals surface area (Å²) in [6.07, 6.45) is 4.45. The molecule has 0 aromatic carbocycles. The maximum atomic E-state index is 10.3. The lowest BCUT2D eigenvalue weighted by Gasteiger charge is -2.13. The van der Waals surface area contributed by atoms with Crippen LogP contribution in [0, 0.1) is 0 Å². The molecular formula is C9H19NO2. The second-order valence-corrected chi connectivity index (χ2v) is 3.05. The van der Waals surface area contributed by atoms with Crippen molar-refractivity contribution in [2.75, 3.05) is 0 Å². The van der Waals surface area contributed by atoms with Crippen molar-refractivity contribution in [2.24, 2.45) is 0 Å². The lowest BCUT2D eigenvalue weighted by Crippen LogP contribution is -2.32. The Bertz CT molecular complexity index is 126. The fourth-order valence-electron chi connectivity index (χ4n) is 1.19. The van der Waals surface area contributed by atoms with E-state index in [-0.39, 0.29) is 6.04 Å². The molecule has 1 amide bonds. The predicted molar refractivity (Wildman–Crippen MR) is 49.4 cm³/mol. The first-order valence-electron chi connectivity index (χ1n) is 4.70. The summed E-state index contributed by atoms with van der Waals surface area (Å²) < 4.78 is 0. The molecule has 0 spiro atoms. The van der Waals surface area contributed by atoms with Crippen LogP contribution in [-0.2, 0) is 0 Å². The number of carbonyl (C=O) groups is 1. The topological polar surface area (TPSA) is 49.3 Å². The van der Waals surface area contributed by atoms with Gasteiger partial charge in [0.2, 0.25) is 0 Å². The summed E-state index contributed by atoms with van der Waals surface area (Å²) >= 11 is 0. The summed E-state index contributed by atoms with van der Waals surface area (Å²) in [6, 6.07) is 0.147. The summed E-state index contributed by atoms with van der Waals surface area (Å²) in [6.45, 7) is 4.15. The highest BCUT2D eigenvalue weighted by Gasteiger charge is 2.07. The average Bonchev–Trinajstić information content (AvgIpc) is 2.02. The third-order valence-electron chi connectivity index (χ3n) is 1.98. The molecule has 0 aliphatic rings. The van der Waals surface area contributed by atoms with E-state index in [1.54, 1.807) is 0 Å². The molecule has 0 aromatic rings. The molecule has 0 radical (unpaired) electrons. The quantitative estimate of drug-likeness (QED) is 0.606. The molecule has 0 rings (SSSR count). The van der Waals surface area contributed by atoms with Crippen molar-refractivity contribution < 1.29 is 9.90 Å². The molecule has 72 valence electrons. The van der Waals surface area contributed by atoms with Crippen molar-refractivity contribution >= 4 is 6.09 Å². The maximum absolute atomic E-state index is 10.3. The third-order valence-corrected chi connectivity index (χ3v) is 1.98. The van der Waals surface area contributed by atoms with Crippen LogP contribution in [0.1, 0.15) is 46.0 Å². The normalized spacial score (nSPS) is 12.5. The van der Waals surface area contributed by atoms with Crippen molar-refractivity contribution in [2.45, 2.75) is 52.0 Å². The van der Waals surface area contributed by atoms with Crippen molar-refractivity contribution in [3.05, 3.63) is 0 Å². The van der Waals surface area contributed by atoms with Crippen molar-refractivity contribution in [1.29, 1.82) is 0 Å². The van der Waals surface area contributed by atoms with Crippen LogP contribution in [0.2, 0.25) is 0 Å². The highest BCUT2D eigenvalue weighted by molar-refractivity contribution is 5.64. The summed E-state index contributed by atoms with van der Waals surface area (Å²) in [5, 5.41) is 11.0. The third kappa shape index (κ3) is 6.01. The molecule has 0 bridgehead atoms. The summed E-state index contributed by atoms with van der Waals surface area (Å²) in [5.74, 6) is 0. The standard InChI is InChI=1S/C9H19NO2/c1-3-5-6-7-8(4-2)10-9(11)12/h8,10H,3-7H2,1-2H3,(H,11,12)/t8-/m0/s1. The number of hydrogen-bond acceptors (Lipinski definition) is 1. The van der Waals surface area contributed by atoms with Gasteiger partial charge in [0.25, 0.3) is 0 Å². The van der Waals surface area contributed by atoms with Crippen molar-refractivity contribution in [3.63, 3.8) is 0 Å². The number of amides is 1. The molecule has 2 N–H and O–H groups in total. The highest BCUT2D eigenvalue weighted by atomic mass is 16.4. The van der Waals surface area contributed by atoms with Gasteiger partial charge in [-0.3, -0.25) is 0 Å². The summed E-state index contributed by atoms with van der Waals surface area (Å²) in [4.78, 5) is 10.3. The molecule has 1 atom stereocenters. The van der Waals surface area contributed by atoms with Crippen LogP contribution in [0.3, 0.4) is 0 Å². The van der Waals surface area contributed by atoms with E-state index in [4.69, 9.17) is 5.11 Å². The SMILES string of the molecule is CCCCC[C@H](CC)NC(=O)O. The van der Waals surface area contributed by atoms with Gasteiger partial charge in [0.1, 0.15) is 0 Å². The molecule has 0 aliphatic carbocycles. The van der Waals surface area contributed by atoms with Crippen molar-refractivity contribution in [1.82, 2.24) is 5.32 Å². The fourth-order valence-corrected chi connectivity index (χ4v) is 1.19. The van der Waals surface area contributed by atoms with Gasteiger partial charge in [0.15, 0.2) is 0 Å². The Balaban J connectivity index is 3.46. The van der Waals surface area contributed by atoms with E-state index in [0.29, 0.717) is 0 Å². The Kier molecular flexibility index (Phi) is 6.53. The van der Waals surface area contributed by atoms with Gasteiger partial charge in [0.05, 0.1) is 0 Å². The second-order valence-electron chi connectivity index (χ2n) is 3.05. The Labute approximate surface area is 74.2 Å². The van der Waals surface area contributed by atoms with Gasteiger partial charge in [-0.25, -0.2) is 4.79 Å². The molecule has 0 fully saturated rings. The monoisotopic (exact) mass is 173 g/mol. The van der Waals surface area contributed by atoms with E-state index in [1.165, 1.54) is 12.8 Å². The van der Waals surface area contributed by atoms with Crippen LogP contribution in [0.4, 0.5) is 4.79 Å². The molecule has 0 unspecified atom stereocenters. The molecule has 0 aromatic heterocycles. The Hall–Kier alpha value is -0.730. The lowest BCUT2D eigenvalue weighted by atomic mass is 10.1. The highest BCUT2D eigenvalue weighted by Crippen LogP contribution is 2.05. The average molecular weight is 173 g/mol. The van der Waals surface area contributed by atoms with Gasteiger partial charge in [0, 0.05) is 6.04 Å². The van der Waals surface area contributed by atoms with Crippen LogP contribution in [0.5, 0.6) is 0 Å². The Morgan fingerprint density at radius 3 is 2.50 bits per heavy atom. The number of nitrogens with one attached hydrogen (secondary N) is 1. The molecule has 0 saturated carbocycles. The van der Waals surface area contributed by atoms with E-state index < -0.39 is 6.09 Å². The van der Waals surface area contributed by atoms with Crippen LogP contribution in [0.15, 0.2) is 0 Å². The van der Waals surface area contributed by atoms with Gasteiger partial charge in [-0.05, 0) is 12.8 Å². The van der Waals surface area contributed by atoms with Gasteiger partial charge in [-0.2, -0.15) is 0 Å². The maximum Gasteiger partial charge on any atom is 0.404 e. The van der Waals surface area contributed by atoms with E-state index in [1.807, 2.05) is 6.92 Å². The van der Waals surface area contributed by atoms with Crippen LogP contribution in [0.25, 0.3) is 0 Å². The summed E-state index contributed by atoms with van der Waals surface area (Å²) in [7, 11) is 0. The fraction of sp³-hybridized carbons (Fsp3) is 0.889. The molecule has 0 saturated heterocycles. The molecule has 0 aliphatic heterocycles. The van der Waals surface area contributed by atoms with E-state index in [2.05, 4.69) is 12.2 Å². The minimum Gasteiger partial charge on any atom is -0.465 e. The minimum absolute atomic E-state index is 0.147. The largest absolute Gasteiger partial charge is 0.465 e. The lowest BCUT2D eigenvalue weighted by molar-refractivity contribution is 0.188. The molecule has 3 heteroatoms. The van der Waals surface area contributed by atoms with Gasteiger partial charge in [-0.1, -0.05) is 33.1 Å². The molecule has 3 nitrogen and oxygen atoms in total. The molecule has 0 heterocycles. The van der Waals surface area contributed by atoms with E-state index in [0.717, 1.165) is 19.3 Å².